The molecule has 1 aromatic rings. The standard InChI is InChI=1S/C13H17ClN2OS/c1-8-6-16(7-9(2)18-8)13(17)10-4-3-5-11(15)12(10)14/h3-5,8-9H,6-7,15H2,1-2H3. The maximum Gasteiger partial charge on any atom is 0.255 e. The zero-order valence-corrected chi connectivity index (χ0v) is 12.1. The monoisotopic (exact) mass is 284 g/mol. The van der Waals surface area contributed by atoms with Gasteiger partial charge in [-0.2, -0.15) is 11.8 Å². The average Bonchev–Trinajstić information content (AvgIpc) is 2.30. The zero-order chi connectivity index (χ0) is 13.3. The van der Waals surface area contributed by atoms with Crippen molar-refractivity contribution < 1.29 is 4.79 Å². The molecule has 2 N–H and O–H groups in total. The Kier molecular flexibility index (Phi) is 4.07. The summed E-state index contributed by atoms with van der Waals surface area (Å²) in [7, 11) is 0. The van der Waals surface area contributed by atoms with E-state index in [0.717, 1.165) is 13.1 Å². The molecule has 18 heavy (non-hydrogen) atoms. The van der Waals surface area contributed by atoms with Crippen molar-refractivity contribution >= 4 is 35.0 Å². The molecule has 1 amide bonds. The van der Waals surface area contributed by atoms with Crippen LogP contribution < -0.4 is 5.73 Å². The number of hydrogen-bond acceptors (Lipinski definition) is 3. The fraction of sp³-hybridized carbons (Fsp3) is 0.462. The maximum absolute atomic E-state index is 12.4. The SMILES string of the molecule is CC1CN(C(=O)c2cccc(N)c2Cl)CC(C)S1. The van der Waals surface area contributed by atoms with Crippen molar-refractivity contribution in [3.63, 3.8) is 0 Å². The highest BCUT2D eigenvalue weighted by atomic mass is 35.5. The van der Waals surface area contributed by atoms with Gasteiger partial charge in [-0.1, -0.05) is 31.5 Å². The van der Waals surface area contributed by atoms with E-state index in [1.54, 1.807) is 18.2 Å². The van der Waals surface area contributed by atoms with Crippen LogP contribution in [-0.4, -0.2) is 34.4 Å². The van der Waals surface area contributed by atoms with E-state index in [1.807, 2.05) is 16.7 Å². The van der Waals surface area contributed by atoms with Crippen molar-refractivity contribution in [1.82, 2.24) is 4.90 Å². The number of hydrogen-bond donors (Lipinski definition) is 1. The van der Waals surface area contributed by atoms with E-state index in [-0.39, 0.29) is 5.91 Å². The van der Waals surface area contributed by atoms with Crippen molar-refractivity contribution in [2.24, 2.45) is 0 Å². The molecule has 2 atom stereocenters. The summed E-state index contributed by atoms with van der Waals surface area (Å²) in [5.74, 6) is -0.0219. The Bertz CT molecular complexity index is 456. The second kappa shape index (κ2) is 5.41. The Morgan fingerprint density at radius 1 is 1.39 bits per heavy atom. The van der Waals surface area contributed by atoms with Gasteiger partial charge in [0.15, 0.2) is 0 Å². The van der Waals surface area contributed by atoms with Crippen LogP contribution in [0.25, 0.3) is 0 Å². The van der Waals surface area contributed by atoms with Gasteiger partial charge < -0.3 is 10.6 Å². The van der Waals surface area contributed by atoms with Crippen LogP contribution in [0.15, 0.2) is 18.2 Å². The fourth-order valence-corrected chi connectivity index (χ4v) is 3.76. The number of thioether (sulfide) groups is 1. The van der Waals surface area contributed by atoms with E-state index < -0.39 is 0 Å². The molecule has 0 radical (unpaired) electrons. The summed E-state index contributed by atoms with van der Waals surface area (Å²) in [6.07, 6.45) is 0. The van der Waals surface area contributed by atoms with Crippen LogP contribution in [0.3, 0.4) is 0 Å². The van der Waals surface area contributed by atoms with Crippen LogP contribution >= 0.6 is 23.4 Å². The first-order valence-electron chi connectivity index (χ1n) is 5.97. The van der Waals surface area contributed by atoms with E-state index in [2.05, 4.69) is 13.8 Å². The van der Waals surface area contributed by atoms with Crippen LogP contribution in [0.5, 0.6) is 0 Å². The minimum Gasteiger partial charge on any atom is -0.398 e. The van der Waals surface area contributed by atoms with Crippen molar-refractivity contribution in [1.29, 1.82) is 0 Å². The molecule has 1 fully saturated rings. The molecule has 0 spiro atoms. The summed E-state index contributed by atoms with van der Waals surface area (Å²) in [6.45, 7) is 5.81. The normalized spacial score (nSPS) is 24.1. The topological polar surface area (TPSA) is 46.3 Å². The predicted molar refractivity (Wildman–Crippen MR) is 78.3 cm³/mol. The number of rotatable bonds is 1. The Morgan fingerprint density at radius 2 is 2.00 bits per heavy atom. The van der Waals surface area contributed by atoms with Crippen molar-refractivity contribution in [2.75, 3.05) is 18.8 Å². The van der Waals surface area contributed by atoms with E-state index in [9.17, 15) is 4.79 Å². The van der Waals surface area contributed by atoms with E-state index in [4.69, 9.17) is 17.3 Å². The molecule has 3 nitrogen and oxygen atoms in total. The van der Waals surface area contributed by atoms with E-state index >= 15 is 0 Å². The van der Waals surface area contributed by atoms with Crippen molar-refractivity contribution in [3.8, 4) is 0 Å². The van der Waals surface area contributed by atoms with Gasteiger partial charge in [-0.3, -0.25) is 4.79 Å². The highest BCUT2D eigenvalue weighted by molar-refractivity contribution is 8.00. The molecule has 1 saturated heterocycles. The summed E-state index contributed by atoms with van der Waals surface area (Å²) in [4.78, 5) is 14.3. The Labute approximate surface area is 117 Å². The van der Waals surface area contributed by atoms with Gasteiger partial charge in [-0.15, -0.1) is 0 Å². The summed E-state index contributed by atoms with van der Waals surface area (Å²) in [5, 5.41) is 1.27. The van der Waals surface area contributed by atoms with E-state index in [0.29, 0.717) is 26.8 Å². The molecule has 0 saturated carbocycles. The molecule has 5 heteroatoms. The smallest absolute Gasteiger partial charge is 0.255 e. The van der Waals surface area contributed by atoms with Gasteiger partial charge in [0.2, 0.25) is 0 Å². The number of benzene rings is 1. The lowest BCUT2D eigenvalue weighted by atomic mass is 10.1. The summed E-state index contributed by atoms with van der Waals surface area (Å²) >= 11 is 8.02. The second-order valence-corrected chi connectivity index (χ2v) is 6.94. The van der Waals surface area contributed by atoms with Gasteiger partial charge in [0, 0.05) is 23.6 Å². The largest absolute Gasteiger partial charge is 0.398 e. The molecule has 0 aromatic heterocycles. The van der Waals surface area contributed by atoms with Crippen molar-refractivity contribution in [3.05, 3.63) is 28.8 Å². The first kappa shape index (κ1) is 13.6. The minimum absolute atomic E-state index is 0.0219. The quantitative estimate of drug-likeness (QED) is 0.807. The summed E-state index contributed by atoms with van der Waals surface area (Å²) in [5.41, 5.74) is 6.69. The van der Waals surface area contributed by atoms with E-state index in [1.165, 1.54) is 0 Å². The lowest BCUT2D eigenvalue weighted by Gasteiger charge is -2.34. The predicted octanol–water partition coefficient (Wildman–Crippen LogP) is 2.89. The highest BCUT2D eigenvalue weighted by Gasteiger charge is 2.27. The molecule has 1 aromatic carbocycles. The lowest BCUT2D eigenvalue weighted by Crippen LogP contribution is -2.44. The van der Waals surface area contributed by atoms with Gasteiger partial charge in [0.1, 0.15) is 0 Å². The molecule has 98 valence electrons. The Balaban J connectivity index is 2.23. The molecule has 1 heterocycles. The molecular weight excluding hydrogens is 268 g/mol. The number of nitrogens with two attached hydrogens (primary N) is 1. The third-order valence-electron chi connectivity index (χ3n) is 2.97. The van der Waals surface area contributed by atoms with Gasteiger partial charge in [0.05, 0.1) is 16.3 Å². The average molecular weight is 285 g/mol. The number of halogens is 1. The molecule has 2 unspecified atom stereocenters. The molecule has 1 aliphatic rings. The van der Waals surface area contributed by atoms with Crippen LogP contribution in [0, 0.1) is 0 Å². The Hall–Kier alpha value is -0.870. The number of amides is 1. The third-order valence-corrected chi connectivity index (χ3v) is 4.62. The van der Waals surface area contributed by atoms with Crippen LogP contribution in [0.1, 0.15) is 24.2 Å². The number of nitrogen functional groups attached to an aromatic ring is 1. The zero-order valence-electron chi connectivity index (χ0n) is 10.5. The maximum atomic E-state index is 12.4. The fourth-order valence-electron chi connectivity index (χ4n) is 2.23. The van der Waals surface area contributed by atoms with Gasteiger partial charge in [-0.05, 0) is 12.1 Å². The second-order valence-electron chi connectivity index (χ2n) is 4.68. The molecule has 1 aliphatic heterocycles. The first-order chi connectivity index (χ1) is 8.49. The third kappa shape index (κ3) is 2.75. The van der Waals surface area contributed by atoms with Gasteiger partial charge in [0.25, 0.3) is 5.91 Å². The minimum atomic E-state index is -0.0219. The molecule has 2 rings (SSSR count). The molecule has 0 aliphatic carbocycles. The van der Waals surface area contributed by atoms with Gasteiger partial charge in [-0.25, -0.2) is 0 Å². The number of carbonyl (C=O) groups excluding carboxylic acids is 1. The lowest BCUT2D eigenvalue weighted by molar-refractivity contribution is 0.0753. The summed E-state index contributed by atoms with van der Waals surface area (Å²) < 4.78 is 0. The highest BCUT2D eigenvalue weighted by Crippen LogP contribution is 2.29. The molecule has 0 bridgehead atoms. The number of carbonyl (C=O) groups is 1. The number of nitrogens with zero attached hydrogens (tertiary/aromatic N) is 1. The number of anilines is 1. The Morgan fingerprint density at radius 3 is 2.61 bits per heavy atom. The van der Waals surface area contributed by atoms with Crippen LogP contribution in [0.2, 0.25) is 5.02 Å². The van der Waals surface area contributed by atoms with Gasteiger partial charge >= 0.3 is 0 Å². The van der Waals surface area contributed by atoms with Crippen LogP contribution in [-0.2, 0) is 0 Å². The van der Waals surface area contributed by atoms with Crippen LogP contribution in [0.4, 0.5) is 5.69 Å². The summed E-state index contributed by atoms with van der Waals surface area (Å²) in [6, 6.07) is 5.20. The van der Waals surface area contributed by atoms with Crippen molar-refractivity contribution in [2.45, 2.75) is 24.3 Å². The molecular formula is C13H17ClN2OS. The first-order valence-corrected chi connectivity index (χ1v) is 7.30.